The number of hydrogen-bond donors (Lipinski definition) is 1. The van der Waals surface area contributed by atoms with Crippen molar-refractivity contribution in [3.05, 3.63) is 23.3 Å². The SMILES string of the molecule is CCCCOCC(=O)N1CCc2cc(OC)c(OC)cc2C1CC(=O)O. The summed E-state index contributed by atoms with van der Waals surface area (Å²) in [5.41, 5.74) is 1.77. The van der Waals surface area contributed by atoms with E-state index in [9.17, 15) is 14.7 Å². The van der Waals surface area contributed by atoms with Crippen molar-refractivity contribution in [2.75, 3.05) is 34.0 Å². The Balaban J connectivity index is 2.27. The number of rotatable bonds is 9. The summed E-state index contributed by atoms with van der Waals surface area (Å²) in [4.78, 5) is 25.6. The molecule has 0 fully saturated rings. The molecule has 1 aliphatic heterocycles. The lowest BCUT2D eigenvalue weighted by Crippen LogP contribution is -2.42. The molecular formula is C19H27NO6. The summed E-state index contributed by atoms with van der Waals surface area (Å²) in [6.07, 6.45) is 2.36. The highest BCUT2D eigenvalue weighted by Crippen LogP contribution is 2.39. The Hall–Kier alpha value is -2.28. The number of ether oxygens (including phenoxy) is 3. The fourth-order valence-corrected chi connectivity index (χ4v) is 3.20. The van der Waals surface area contributed by atoms with Crippen LogP contribution in [0, 0.1) is 0 Å². The Bertz CT molecular complexity index is 645. The molecule has 0 saturated heterocycles. The number of unbranched alkanes of at least 4 members (excludes halogenated alkanes) is 1. The second-order valence-corrected chi connectivity index (χ2v) is 6.26. The Kier molecular flexibility index (Phi) is 7.26. The van der Waals surface area contributed by atoms with Crippen LogP contribution in [-0.4, -0.2) is 55.9 Å². The smallest absolute Gasteiger partial charge is 0.305 e. The topological polar surface area (TPSA) is 85.3 Å². The molecule has 0 radical (unpaired) electrons. The molecule has 0 aromatic heterocycles. The van der Waals surface area contributed by atoms with Gasteiger partial charge >= 0.3 is 5.97 Å². The molecule has 1 aromatic rings. The molecule has 1 aliphatic rings. The highest BCUT2D eigenvalue weighted by atomic mass is 16.5. The Morgan fingerprint density at radius 1 is 1.23 bits per heavy atom. The second kappa shape index (κ2) is 9.43. The first-order valence-corrected chi connectivity index (χ1v) is 8.85. The van der Waals surface area contributed by atoms with Gasteiger partial charge < -0.3 is 24.2 Å². The fourth-order valence-electron chi connectivity index (χ4n) is 3.20. The minimum atomic E-state index is -0.956. The van der Waals surface area contributed by atoms with Crippen LogP contribution in [0.2, 0.25) is 0 Å². The van der Waals surface area contributed by atoms with E-state index < -0.39 is 12.0 Å². The van der Waals surface area contributed by atoms with E-state index in [1.165, 1.54) is 7.11 Å². The van der Waals surface area contributed by atoms with Gasteiger partial charge in [0, 0.05) is 13.2 Å². The van der Waals surface area contributed by atoms with Crippen LogP contribution in [0.3, 0.4) is 0 Å². The van der Waals surface area contributed by atoms with Gasteiger partial charge in [-0.2, -0.15) is 0 Å². The van der Waals surface area contributed by atoms with Gasteiger partial charge in [-0.3, -0.25) is 9.59 Å². The molecule has 0 spiro atoms. The molecule has 1 N–H and O–H groups in total. The molecule has 7 nitrogen and oxygen atoms in total. The van der Waals surface area contributed by atoms with E-state index in [4.69, 9.17) is 14.2 Å². The van der Waals surface area contributed by atoms with Crippen molar-refractivity contribution in [2.45, 2.75) is 38.6 Å². The predicted molar refractivity (Wildman–Crippen MR) is 95.7 cm³/mol. The first-order valence-electron chi connectivity index (χ1n) is 8.85. The summed E-state index contributed by atoms with van der Waals surface area (Å²) < 4.78 is 16.1. The van der Waals surface area contributed by atoms with Crippen LogP contribution in [0.5, 0.6) is 11.5 Å². The van der Waals surface area contributed by atoms with Gasteiger partial charge in [0.05, 0.1) is 26.7 Å². The number of benzene rings is 1. The maximum Gasteiger partial charge on any atom is 0.305 e. The number of carboxylic acids is 1. The summed E-state index contributed by atoms with van der Waals surface area (Å²) in [5.74, 6) is -0.0201. The lowest BCUT2D eigenvalue weighted by Gasteiger charge is -2.37. The minimum absolute atomic E-state index is 0.0290. The quantitative estimate of drug-likeness (QED) is 0.677. The number of carbonyl (C=O) groups is 2. The number of amides is 1. The van der Waals surface area contributed by atoms with Gasteiger partial charge in [-0.25, -0.2) is 0 Å². The molecule has 1 amide bonds. The number of methoxy groups -OCH3 is 2. The Labute approximate surface area is 153 Å². The van der Waals surface area contributed by atoms with E-state index in [1.54, 1.807) is 18.1 Å². The summed E-state index contributed by atoms with van der Waals surface area (Å²) >= 11 is 0. The maximum absolute atomic E-state index is 12.6. The molecule has 26 heavy (non-hydrogen) atoms. The van der Waals surface area contributed by atoms with Crippen molar-refractivity contribution >= 4 is 11.9 Å². The van der Waals surface area contributed by atoms with Crippen molar-refractivity contribution in [3.8, 4) is 11.5 Å². The van der Waals surface area contributed by atoms with E-state index >= 15 is 0 Å². The van der Waals surface area contributed by atoms with Gasteiger partial charge in [0.2, 0.25) is 5.91 Å². The van der Waals surface area contributed by atoms with Crippen LogP contribution in [0.25, 0.3) is 0 Å². The minimum Gasteiger partial charge on any atom is -0.493 e. The molecule has 2 rings (SSSR count). The van der Waals surface area contributed by atoms with Gasteiger partial charge in [-0.05, 0) is 36.1 Å². The third kappa shape index (κ3) is 4.66. The largest absolute Gasteiger partial charge is 0.493 e. The number of carbonyl (C=O) groups excluding carboxylic acids is 1. The van der Waals surface area contributed by atoms with E-state index in [1.807, 2.05) is 6.07 Å². The van der Waals surface area contributed by atoms with Crippen LogP contribution in [-0.2, 0) is 20.7 Å². The van der Waals surface area contributed by atoms with Crippen molar-refractivity contribution < 1.29 is 28.9 Å². The summed E-state index contributed by atoms with van der Waals surface area (Å²) in [6, 6.07) is 3.10. The first kappa shape index (κ1) is 20.0. The fraction of sp³-hybridized carbons (Fsp3) is 0.579. The van der Waals surface area contributed by atoms with E-state index in [2.05, 4.69) is 6.92 Å². The van der Waals surface area contributed by atoms with Crippen LogP contribution in [0.1, 0.15) is 43.4 Å². The van der Waals surface area contributed by atoms with Crippen LogP contribution >= 0.6 is 0 Å². The normalized spacial score (nSPS) is 16.1. The molecule has 1 aromatic carbocycles. The molecule has 0 saturated carbocycles. The summed E-state index contributed by atoms with van der Waals surface area (Å²) in [5, 5.41) is 9.34. The maximum atomic E-state index is 12.6. The molecule has 0 aliphatic carbocycles. The number of fused-ring (bicyclic) bond motifs is 1. The van der Waals surface area contributed by atoms with Crippen molar-refractivity contribution in [3.63, 3.8) is 0 Å². The zero-order chi connectivity index (χ0) is 19.1. The van der Waals surface area contributed by atoms with Crippen LogP contribution in [0.15, 0.2) is 12.1 Å². The first-order chi connectivity index (χ1) is 12.5. The lowest BCUT2D eigenvalue weighted by atomic mass is 9.90. The molecule has 144 valence electrons. The van der Waals surface area contributed by atoms with Gasteiger partial charge in [-0.15, -0.1) is 0 Å². The highest BCUT2D eigenvalue weighted by Gasteiger charge is 2.33. The molecule has 0 bridgehead atoms. The zero-order valence-electron chi connectivity index (χ0n) is 15.6. The highest BCUT2D eigenvalue weighted by molar-refractivity contribution is 5.79. The number of nitrogens with zero attached hydrogens (tertiary/aromatic N) is 1. The predicted octanol–water partition coefficient (Wildman–Crippen LogP) is 2.42. The van der Waals surface area contributed by atoms with Crippen molar-refractivity contribution in [2.24, 2.45) is 0 Å². The van der Waals surface area contributed by atoms with E-state index in [0.717, 1.165) is 24.0 Å². The Morgan fingerprint density at radius 3 is 2.54 bits per heavy atom. The number of hydrogen-bond acceptors (Lipinski definition) is 5. The van der Waals surface area contributed by atoms with E-state index in [0.29, 0.717) is 31.1 Å². The van der Waals surface area contributed by atoms with E-state index in [-0.39, 0.29) is 18.9 Å². The molecule has 1 atom stereocenters. The van der Waals surface area contributed by atoms with Crippen molar-refractivity contribution in [1.29, 1.82) is 0 Å². The standard InChI is InChI=1S/C19H27NO6/c1-4-5-8-26-12-18(21)20-7-6-13-9-16(24-2)17(25-3)10-14(13)15(20)11-19(22)23/h9-10,15H,4-8,11-12H2,1-3H3,(H,22,23). The average molecular weight is 365 g/mol. The van der Waals surface area contributed by atoms with Crippen molar-refractivity contribution in [1.82, 2.24) is 4.90 Å². The molecule has 1 heterocycles. The van der Waals surface area contributed by atoms with Gasteiger partial charge in [-0.1, -0.05) is 13.3 Å². The monoisotopic (exact) mass is 365 g/mol. The second-order valence-electron chi connectivity index (χ2n) is 6.26. The van der Waals surface area contributed by atoms with Gasteiger partial charge in [0.15, 0.2) is 11.5 Å². The van der Waals surface area contributed by atoms with Gasteiger partial charge in [0.1, 0.15) is 6.61 Å². The average Bonchev–Trinajstić information content (AvgIpc) is 2.63. The molecule has 7 heteroatoms. The van der Waals surface area contributed by atoms with Crippen LogP contribution in [0.4, 0.5) is 0 Å². The third-order valence-electron chi connectivity index (χ3n) is 4.56. The third-order valence-corrected chi connectivity index (χ3v) is 4.56. The molecule has 1 unspecified atom stereocenters. The number of carboxylic acid groups (broad SMARTS) is 1. The summed E-state index contributed by atoms with van der Waals surface area (Å²) in [7, 11) is 3.09. The number of aliphatic carboxylic acids is 1. The molecular weight excluding hydrogens is 338 g/mol. The Morgan fingerprint density at radius 2 is 1.92 bits per heavy atom. The summed E-state index contributed by atoms with van der Waals surface area (Å²) in [6.45, 7) is 3.01. The van der Waals surface area contributed by atoms with Crippen LogP contribution < -0.4 is 9.47 Å². The lowest BCUT2D eigenvalue weighted by molar-refractivity contribution is -0.143. The van der Waals surface area contributed by atoms with Gasteiger partial charge in [0.25, 0.3) is 0 Å². The zero-order valence-corrected chi connectivity index (χ0v) is 15.6.